The van der Waals surface area contributed by atoms with Crippen LogP contribution in [0.3, 0.4) is 0 Å². The van der Waals surface area contributed by atoms with Gasteiger partial charge < -0.3 is 5.32 Å². The molecule has 17 heavy (non-hydrogen) atoms. The lowest BCUT2D eigenvalue weighted by atomic mass is 10.3. The summed E-state index contributed by atoms with van der Waals surface area (Å²) in [4.78, 5) is 14.2. The Morgan fingerprint density at radius 2 is 2.29 bits per heavy atom. The fourth-order valence-corrected chi connectivity index (χ4v) is 1.92. The first-order chi connectivity index (χ1) is 8.15. The fraction of sp³-hybridized carbons (Fsp3) is 0.500. The Bertz CT molecular complexity index is 390. The smallest absolute Gasteiger partial charge is 0.311 e. The van der Waals surface area contributed by atoms with Crippen LogP contribution in [0, 0.1) is 10.1 Å². The van der Waals surface area contributed by atoms with Crippen molar-refractivity contribution in [3.05, 3.63) is 27.4 Å². The zero-order valence-electron chi connectivity index (χ0n) is 9.48. The predicted molar refractivity (Wildman–Crippen MR) is 72.0 cm³/mol. The van der Waals surface area contributed by atoms with Crippen LogP contribution in [0.5, 0.6) is 0 Å². The zero-order valence-corrected chi connectivity index (χ0v) is 11.1. The van der Waals surface area contributed by atoms with E-state index >= 15 is 0 Å². The number of rotatable bonds is 7. The van der Waals surface area contributed by atoms with Crippen molar-refractivity contribution in [1.29, 1.82) is 0 Å². The van der Waals surface area contributed by atoms with Gasteiger partial charge in [0, 0.05) is 12.6 Å². The highest BCUT2D eigenvalue weighted by Gasteiger charge is 2.14. The monoisotopic (exact) mass is 275 g/mol. The molecule has 0 saturated heterocycles. The lowest BCUT2D eigenvalue weighted by Crippen LogP contribution is -2.06. The predicted octanol–water partition coefficient (Wildman–Crippen LogP) is 3.20. The maximum Gasteiger partial charge on any atom is 0.311 e. The van der Waals surface area contributed by atoms with Gasteiger partial charge in [0.05, 0.1) is 4.92 Å². The molecule has 0 unspecified atom stereocenters. The quantitative estimate of drug-likeness (QED) is 0.358. The van der Waals surface area contributed by atoms with Crippen LogP contribution in [0.2, 0.25) is 5.15 Å². The molecule has 1 heterocycles. The van der Waals surface area contributed by atoms with Crippen LogP contribution in [0.4, 0.5) is 11.5 Å². The summed E-state index contributed by atoms with van der Waals surface area (Å²) in [5.41, 5.74) is -0.0423. The molecule has 1 N–H and O–H groups in total. The second kappa shape index (κ2) is 7.34. The summed E-state index contributed by atoms with van der Waals surface area (Å²) in [6, 6.07) is 2.78. The molecule has 0 spiro atoms. The number of unbranched alkanes of at least 4 members (excludes halogenated alkanes) is 1. The molecule has 0 aliphatic heterocycles. The maximum absolute atomic E-state index is 10.7. The Hall–Kier alpha value is -1.01. The number of nitro groups is 1. The van der Waals surface area contributed by atoms with Gasteiger partial charge in [-0.2, -0.15) is 11.8 Å². The highest BCUT2D eigenvalue weighted by atomic mass is 35.5. The van der Waals surface area contributed by atoms with Gasteiger partial charge in [0.1, 0.15) is 5.15 Å². The molecule has 0 aromatic carbocycles. The maximum atomic E-state index is 10.7. The van der Waals surface area contributed by atoms with E-state index in [0.717, 1.165) is 18.6 Å². The van der Waals surface area contributed by atoms with Crippen molar-refractivity contribution in [3.8, 4) is 0 Å². The molecular formula is C10H14ClN3O2S. The molecule has 0 amide bonds. The van der Waals surface area contributed by atoms with E-state index < -0.39 is 4.92 Å². The first-order valence-corrected chi connectivity index (χ1v) is 6.96. The molecule has 0 aliphatic carbocycles. The SMILES string of the molecule is CSCCCCNc1nc(Cl)ccc1[N+](=O)[O-]. The second-order valence-corrected chi connectivity index (χ2v) is 4.76. The third kappa shape index (κ3) is 4.79. The van der Waals surface area contributed by atoms with Gasteiger partial charge in [-0.15, -0.1) is 0 Å². The number of pyridine rings is 1. The standard InChI is InChI=1S/C10H14ClN3O2S/c1-17-7-3-2-6-12-10-8(14(15)16)4-5-9(11)13-10/h4-5H,2-3,6-7H2,1H3,(H,12,13). The Balaban J connectivity index is 2.56. The topological polar surface area (TPSA) is 68.1 Å². The molecule has 94 valence electrons. The van der Waals surface area contributed by atoms with Gasteiger partial charge in [-0.25, -0.2) is 4.98 Å². The molecular weight excluding hydrogens is 262 g/mol. The average Bonchev–Trinajstić information content (AvgIpc) is 2.28. The summed E-state index contributed by atoms with van der Waals surface area (Å²) >= 11 is 7.49. The van der Waals surface area contributed by atoms with E-state index in [-0.39, 0.29) is 16.7 Å². The van der Waals surface area contributed by atoms with Gasteiger partial charge in [0.25, 0.3) is 0 Å². The number of nitrogens with one attached hydrogen (secondary N) is 1. The van der Waals surface area contributed by atoms with Crippen molar-refractivity contribution < 1.29 is 4.92 Å². The average molecular weight is 276 g/mol. The Labute approximate surface area is 109 Å². The van der Waals surface area contributed by atoms with Gasteiger partial charge >= 0.3 is 5.69 Å². The van der Waals surface area contributed by atoms with E-state index in [1.165, 1.54) is 12.1 Å². The summed E-state index contributed by atoms with van der Waals surface area (Å²) in [6.07, 6.45) is 4.07. The molecule has 5 nitrogen and oxygen atoms in total. The minimum atomic E-state index is -0.465. The summed E-state index contributed by atoms with van der Waals surface area (Å²) in [6.45, 7) is 0.661. The molecule has 1 rings (SSSR count). The number of aromatic nitrogens is 1. The van der Waals surface area contributed by atoms with Crippen molar-refractivity contribution >= 4 is 34.9 Å². The third-order valence-corrected chi connectivity index (χ3v) is 3.01. The molecule has 1 aromatic heterocycles. The van der Waals surface area contributed by atoms with Crippen molar-refractivity contribution in [3.63, 3.8) is 0 Å². The summed E-state index contributed by atoms with van der Waals surface area (Å²) in [5, 5.41) is 13.9. The van der Waals surface area contributed by atoms with Crippen LogP contribution in [0.15, 0.2) is 12.1 Å². The number of thioether (sulfide) groups is 1. The normalized spacial score (nSPS) is 10.2. The fourth-order valence-electron chi connectivity index (χ4n) is 1.28. The van der Waals surface area contributed by atoms with Crippen LogP contribution >= 0.6 is 23.4 Å². The van der Waals surface area contributed by atoms with Crippen LogP contribution in [-0.4, -0.2) is 28.5 Å². The van der Waals surface area contributed by atoms with Crippen molar-refractivity contribution in [2.75, 3.05) is 23.9 Å². The number of anilines is 1. The largest absolute Gasteiger partial charge is 0.364 e. The van der Waals surface area contributed by atoms with Crippen molar-refractivity contribution in [1.82, 2.24) is 4.98 Å². The first kappa shape index (κ1) is 14.1. The molecule has 0 aliphatic rings. The number of halogens is 1. The van der Waals surface area contributed by atoms with Gasteiger partial charge in [0.2, 0.25) is 5.82 Å². The summed E-state index contributed by atoms with van der Waals surface area (Å²) < 4.78 is 0. The zero-order chi connectivity index (χ0) is 12.7. The van der Waals surface area contributed by atoms with Crippen LogP contribution in [0.25, 0.3) is 0 Å². The van der Waals surface area contributed by atoms with Crippen LogP contribution in [0.1, 0.15) is 12.8 Å². The Morgan fingerprint density at radius 3 is 2.94 bits per heavy atom. The number of hydrogen-bond acceptors (Lipinski definition) is 5. The highest BCUT2D eigenvalue weighted by Crippen LogP contribution is 2.23. The van der Waals surface area contributed by atoms with Gasteiger partial charge in [-0.3, -0.25) is 10.1 Å². The van der Waals surface area contributed by atoms with Crippen LogP contribution in [-0.2, 0) is 0 Å². The Kier molecular flexibility index (Phi) is 6.07. The number of hydrogen-bond donors (Lipinski definition) is 1. The van der Waals surface area contributed by atoms with E-state index in [2.05, 4.69) is 16.6 Å². The van der Waals surface area contributed by atoms with Gasteiger partial charge in [-0.1, -0.05) is 11.6 Å². The molecule has 0 atom stereocenters. The first-order valence-electron chi connectivity index (χ1n) is 5.19. The molecule has 0 saturated carbocycles. The minimum absolute atomic E-state index is 0.0423. The lowest BCUT2D eigenvalue weighted by Gasteiger charge is -2.05. The van der Waals surface area contributed by atoms with Crippen molar-refractivity contribution in [2.24, 2.45) is 0 Å². The van der Waals surface area contributed by atoms with Crippen molar-refractivity contribution in [2.45, 2.75) is 12.8 Å². The minimum Gasteiger partial charge on any atom is -0.364 e. The van der Waals surface area contributed by atoms with Gasteiger partial charge in [-0.05, 0) is 30.9 Å². The van der Waals surface area contributed by atoms with E-state index in [1.807, 2.05) is 0 Å². The molecule has 1 aromatic rings. The summed E-state index contributed by atoms with van der Waals surface area (Å²) in [5.74, 6) is 1.33. The molecule has 0 bridgehead atoms. The van der Waals surface area contributed by atoms with Crippen LogP contribution < -0.4 is 5.32 Å². The van der Waals surface area contributed by atoms with Gasteiger partial charge in [0.15, 0.2) is 0 Å². The van der Waals surface area contributed by atoms with E-state index in [9.17, 15) is 10.1 Å². The third-order valence-electron chi connectivity index (χ3n) is 2.10. The summed E-state index contributed by atoms with van der Waals surface area (Å²) in [7, 11) is 0. The lowest BCUT2D eigenvalue weighted by molar-refractivity contribution is -0.384. The second-order valence-electron chi connectivity index (χ2n) is 3.39. The highest BCUT2D eigenvalue weighted by molar-refractivity contribution is 7.98. The van der Waals surface area contributed by atoms with E-state index in [4.69, 9.17) is 11.6 Å². The van der Waals surface area contributed by atoms with E-state index in [1.54, 1.807) is 11.8 Å². The number of nitrogens with zero attached hydrogens (tertiary/aromatic N) is 2. The molecule has 7 heteroatoms. The molecule has 0 radical (unpaired) electrons. The van der Waals surface area contributed by atoms with E-state index in [0.29, 0.717) is 6.54 Å². The molecule has 0 fully saturated rings. The Morgan fingerprint density at radius 1 is 1.53 bits per heavy atom.